The molecule has 8 nitrogen and oxygen atoms in total. The van der Waals surface area contributed by atoms with Crippen molar-refractivity contribution in [1.82, 2.24) is 10.1 Å². The van der Waals surface area contributed by atoms with Crippen molar-refractivity contribution in [2.24, 2.45) is 0 Å². The number of hydroxylamine groups is 4. The highest BCUT2D eigenvalue weighted by atomic mass is 16.7. The van der Waals surface area contributed by atoms with Gasteiger partial charge in [0, 0.05) is 56.0 Å². The summed E-state index contributed by atoms with van der Waals surface area (Å²) in [6, 6.07) is 0. The van der Waals surface area contributed by atoms with Crippen LogP contribution in [-0.2, 0) is 28.7 Å². The molecule has 0 aromatic carbocycles. The maximum absolute atomic E-state index is 12.8. The summed E-state index contributed by atoms with van der Waals surface area (Å²) in [7, 11) is 0. The van der Waals surface area contributed by atoms with Crippen LogP contribution in [0.15, 0.2) is 12.3 Å². The van der Waals surface area contributed by atoms with Gasteiger partial charge in [-0.3, -0.25) is 14.4 Å². The molecule has 54 heavy (non-hydrogen) atoms. The molecule has 0 saturated carbocycles. The maximum atomic E-state index is 12.8. The molecule has 0 aromatic rings. The van der Waals surface area contributed by atoms with Gasteiger partial charge in [0.15, 0.2) is 0 Å². The Balaban J connectivity index is 1.62. The number of ether oxygens (including phenoxy) is 2. The van der Waals surface area contributed by atoms with Gasteiger partial charge in [0.25, 0.3) is 0 Å². The lowest BCUT2D eigenvalue weighted by molar-refractivity contribution is -0.312. The molecule has 1 unspecified atom stereocenters. The number of hydrogen-bond acceptors (Lipinski definition) is 8. The molecular weight excluding hydrogens is 677 g/mol. The molecule has 0 bridgehead atoms. The zero-order valence-electron chi connectivity index (χ0n) is 37.3. The van der Waals surface area contributed by atoms with E-state index < -0.39 is 0 Å². The van der Waals surface area contributed by atoms with Crippen LogP contribution in [0, 0.1) is 0 Å². The van der Waals surface area contributed by atoms with E-state index in [4.69, 9.17) is 19.1 Å². The number of nitrogens with zero attached hydrogens (tertiary/aromatic N) is 2. The molecule has 0 spiro atoms. The minimum Gasteiger partial charge on any atom is -0.462 e. The van der Waals surface area contributed by atoms with Crippen molar-refractivity contribution in [3.8, 4) is 0 Å². The Labute approximate surface area is 333 Å². The summed E-state index contributed by atoms with van der Waals surface area (Å²) < 4.78 is 12.1. The summed E-state index contributed by atoms with van der Waals surface area (Å²) >= 11 is 0. The summed E-state index contributed by atoms with van der Waals surface area (Å²) in [6.45, 7) is 28.4. The van der Waals surface area contributed by atoms with Crippen molar-refractivity contribution in [2.45, 2.75) is 271 Å². The first-order chi connectivity index (χ1) is 25.3. The fraction of sp³-hybridized carbons (Fsp3) is 0.913. The number of hydrogen-bond donors (Lipinski definition) is 0. The highest BCUT2D eigenvalue weighted by Crippen LogP contribution is 2.42. The molecule has 2 rings (SSSR count). The minimum absolute atomic E-state index is 0.0874. The second kappa shape index (κ2) is 23.6. The number of unbranched alkanes of at least 4 members (excludes halogenated alkanes) is 13. The van der Waals surface area contributed by atoms with Crippen molar-refractivity contribution < 1.29 is 28.7 Å². The Bertz CT molecular complexity index is 1060. The third kappa shape index (κ3) is 17.7. The molecule has 0 radical (unpaired) electrons. The van der Waals surface area contributed by atoms with Crippen molar-refractivity contribution in [2.75, 3.05) is 0 Å². The Morgan fingerprint density at radius 2 is 0.907 bits per heavy atom. The van der Waals surface area contributed by atoms with E-state index >= 15 is 0 Å². The van der Waals surface area contributed by atoms with Crippen molar-refractivity contribution in [3.05, 3.63) is 12.3 Å². The van der Waals surface area contributed by atoms with Crippen LogP contribution < -0.4 is 0 Å². The molecule has 2 aliphatic rings. The monoisotopic (exact) mass is 763 g/mol. The smallest absolute Gasteiger partial charge is 0.306 e. The lowest BCUT2D eigenvalue weighted by atomic mass is 9.80. The summed E-state index contributed by atoms with van der Waals surface area (Å²) in [5.41, 5.74) is -1.01. The van der Waals surface area contributed by atoms with Crippen LogP contribution in [0.3, 0.4) is 0 Å². The Hall–Kier alpha value is -1.64. The second-order valence-corrected chi connectivity index (χ2v) is 19.4. The van der Waals surface area contributed by atoms with E-state index in [0.717, 1.165) is 89.2 Å². The van der Waals surface area contributed by atoms with E-state index in [2.05, 4.69) is 92.9 Å². The van der Waals surface area contributed by atoms with Crippen LogP contribution in [0.25, 0.3) is 0 Å². The van der Waals surface area contributed by atoms with Crippen LogP contribution in [0.5, 0.6) is 0 Å². The van der Waals surface area contributed by atoms with Crippen LogP contribution in [0.1, 0.15) is 230 Å². The topological polar surface area (TPSA) is 77.5 Å². The summed E-state index contributed by atoms with van der Waals surface area (Å²) in [4.78, 5) is 38.6. The SMILES string of the molecule is C=C(CCCCCCC)ON1C(C)(C)CC(OC(=O)CCCCCCCCC(=O)OC2CC(C)(C)N(OC(C)CCCCCCC)C(C)(C)C2)CC1(C)C. The lowest BCUT2D eigenvalue weighted by Crippen LogP contribution is -2.62. The number of carbonyl (C=O) groups is 2. The summed E-state index contributed by atoms with van der Waals surface area (Å²) in [5.74, 6) is 0.633. The van der Waals surface area contributed by atoms with Crippen LogP contribution >= 0.6 is 0 Å². The van der Waals surface area contributed by atoms with Gasteiger partial charge in [0.05, 0.1) is 17.2 Å². The van der Waals surface area contributed by atoms with E-state index in [9.17, 15) is 9.59 Å². The molecule has 2 heterocycles. The molecule has 0 amide bonds. The average Bonchev–Trinajstić information content (AvgIpc) is 3.04. The van der Waals surface area contributed by atoms with Gasteiger partial charge in [-0.25, -0.2) is 0 Å². The van der Waals surface area contributed by atoms with Crippen molar-refractivity contribution >= 4 is 11.9 Å². The van der Waals surface area contributed by atoms with E-state index in [-0.39, 0.29) is 52.4 Å². The highest BCUT2D eigenvalue weighted by molar-refractivity contribution is 5.70. The Morgan fingerprint density at radius 3 is 1.33 bits per heavy atom. The predicted octanol–water partition coefficient (Wildman–Crippen LogP) is 12.7. The normalized spacial score (nSPS) is 20.7. The molecular formula is C46H86N2O6. The highest BCUT2D eigenvalue weighted by Gasteiger charge is 2.50. The molecule has 1 atom stereocenters. The fourth-order valence-corrected chi connectivity index (χ4v) is 9.15. The van der Waals surface area contributed by atoms with Gasteiger partial charge in [-0.05, 0) is 88.0 Å². The van der Waals surface area contributed by atoms with Crippen molar-refractivity contribution in [3.63, 3.8) is 0 Å². The molecule has 2 fully saturated rings. The van der Waals surface area contributed by atoms with Gasteiger partial charge in [-0.1, -0.05) is 104 Å². The number of esters is 2. The van der Waals surface area contributed by atoms with E-state index in [1.165, 1.54) is 57.8 Å². The largest absolute Gasteiger partial charge is 0.462 e. The third-order valence-electron chi connectivity index (χ3n) is 11.5. The standard InChI is InChI=1S/C46H86N2O6/c1-13-15-17-21-25-29-37(3)53-47-43(5,6)33-39(34-44(47,7)8)51-41(49)31-27-23-19-20-24-28-32-42(50)52-40-35-45(9,10)48(46(11,12)36-40)54-38(4)30-26-22-18-16-14-2/h38-40H,3,13-36H2,1-2,4-12H3. The quantitative estimate of drug-likeness (QED) is 0.0465. The minimum atomic E-state index is -0.282. The van der Waals surface area contributed by atoms with E-state index in [0.29, 0.717) is 12.8 Å². The molecule has 316 valence electrons. The van der Waals surface area contributed by atoms with Gasteiger partial charge in [-0.2, -0.15) is 5.06 Å². The van der Waals surface area contributed by atoms with Gasteiger partial charge in [0.1, 0.15) is 18.0 Å². The summed E-state index contributed by atoms with van der Waals surface area (Å²) in [6.07, 6.45) is 24.1. The van der Waals surface area contributed by atoms with E-state index in [1.54, 1.807) is 0 Å². The molecule has 0 aliphatic carbocycles. The third-order valence-corrected chi connectivity index (χ3v) is 11.5. The summed E-state index contributed by atoms with van der Waals surface area (Å²) in [5, 5.41) is 4.29. The molecule has 2 aliphatic heterocycles. The van der Waals surface area contributed by atoms with Gasteiger partial charge >= 0.3 is 11.9 Å². The molecule has 2 saturated heterocycles. The Kier molecular flexibility index (Phi) is 21.2. The number of piperidine rings is 2. The van der Waals surface area contributed by atoms with Gasteiger partial charge in [0.2, 0.25) is 0 Å². The van der Waals surface area contributed by atoms with Crippen molar-refractivity contribution in [1.29, 1.82) is 0 Å². The number of carbonyl (C=O) groups excluding carboxylic acids is 2. The van der Waals surface area contributed by atoms with Crippen LogP contribution in [0.2, 0.25) is 0 Å². The number of rotatable bonds is 27. The predicted molar refractivity (Wildman–Crippen MR) is 223 cm³/mol. The van der Waals surface area contributed by atoms with Crippen LogP contribution in [0.4, 0.5) is 0 Å². The fourth-order valence-electron chi connectivity index (χ4n) is 9.15. The zero-order chi connectivity index (χ0) is 40.4. The van der Waals surface area contributed by atoms with Gasteiger partial charge < -0.3 is 14.3 Å². The maximum Gasteiger partial charge on any atom is 0.306 e. The zero-order valence-corrected chi connectivity index (χ0v) is 37.3. The first-order valence-electron chi connectivity index (χ1n) is 22.3. The van der Waals surface area contributed by atoms with E-state index in [1.807, 2.05) is 0 Å². The number of allylic oxidation sites excluding steroid dienone is 1. The average molecular weight is 763 g/mol. The molecule has 0 N–H and O–H groups in total. The van der Waals surface area contributed by atoms with Gasteiger partial charge in [-0.15, -0.1) is 5.06 Å². The lowest BCUT2D eigenvalue weighted by Gasteiger charge is -2.54. The Morgan fingerprint density at radius 1 is 0.556 bits per heavy atom. The van der Waals surface area contributed by atoms with Crippen LogP contribution in [-0.4, -0.2) is 62.5 Å². The molecule has 8 heteroatoms. The first-order valence-corrected chi connectivity index (χ1v) is 22.3. The molecule has 0 aromatic heterocycles. The first kappa shape index (κ1) is 48.5. The second-order valence-electron chi connectivity index (χ2n) is 19.4.